The number of thiazole rings is 1. The van der Waals surface area contributed by atoms with Crippen molar-refractivity contribution in [3.63, 3.8) is 0 Å². The highest BCUT2D eigenvalue weighted by Gasteiger charge is 2.20. The van der Waals surface area contributed by atoms with Crippen LogP contribution in [-0.2, 0) is 4.79 Å². The fraction of sp³-hybridized carbons (Fsp3) is 0.579. The molecule has 142 valence electrons. The summed E-state index contributed by atoms with van der Waals surface area (Å²) in [5.41, 5.74) is 2.19. The average Bonchev–Trinajstić information content (AvgIpc) is 3.10. The second kappa shape index (κ2) is 9.02. The highest BCUT2D eigenvalue weighted by atomic mass is 35.5. The summed E-state index contributed by atoms with van der Waals surface area (Å²) in [4.78, 5) is 21.2. The Labute approximate surface area is 164 Å². The smallest absolute Gasteiger partial charge is 0.220 e. The van der Waals surface area contributed by atoms with Crippen molar-refractivity contribution in [1.29, 1.82) is 0 Å². The summed E-state index contributed by atoms with van der Waals surface area (Å²) in [7, 11) is 0. The number of amides is 1. The quantitative estimate of drug-likeness (QED) is 0.778. The van der Waals surface area contributed by atoms with Gasteiger partial charge < -0.3 is 10.2 Å². The zero-order valence-electron chi connectivity index (χ0n) is 15.6. The lowest BCUT2D eigenvalue weighted by molar-refractivity contribution is -0.121. The number of carbonyl (C=O) groups is 1. The summed E-state index contributed by atoms with van der Waals surface area (Å²) >= 11 is 8.01. The van der Waals surface area contributed by atoms with Gasteiger partial charge in [0, 0.05) is 45.7 Å². The molecule has 1 N–H and O–H groups in total. The van der Waals surface area contributed by atoms with Gasteiger partial charge in [0.05, 0.1) is 15.2 Å². The van der Waals surface area contributed by atoms with Gasteiger partial charge in [0.1, 0.15) is 0 Å². The van der Waals surface area contributed by atoms with Crippen molar-refractivity contribution in [2.45, 2.75) is 33.1 Å². The van der Waals surface area contributed by atoms with Crippen LogP contribution in [-0.4, -0.2) is 55.1 Å². The molecule has 1 fully saturated rings. The second-order valence-corrected chi connectivity index (χ2v) is 8.21. The number of hydrogen-bond donors (Lipinski definition) is 1. The van der Waals surface area contributed by atoms with Gasteiger partial charge in [-0.2, -0.15) is 0 Å². The Bertz CT molecular complexity index is 716. The fourth-order valence-electron chi connectivity index (χ4n) is 3.17. The van der Waals surface area contributed by atoms with Crippen LogP contribution in [0.15, 0.2) is 12.1 Å². The molecule has 1 amide bonds. The first-order valence-electron chi connectivity index (χ1n) is 9.38. The predicted octanol–water partition coefficient (Wildman–Crippen LogP) is 3.69. The zero-order valence-corrected chi connectivity index (χ0v) is 17.1. The Morgan fingerprint density at radius 2 is 2.08 bits per heavy atom. The molecule has 3 rings (SSSR count). The van der Waals surface area contributed by atoms with Crippen LogP contribution < -0.4 is 10.2 Å². The van der Waals surface area contributed by atoms with Gasteiger partial charge >= 0.3 is 0 Å². The molecule has 0 bridgehead atoms. The summed E-state index contributed by atoms with van der Waals surface area (Å²) in [6, 6.07) is 3.98. The number of fused-ring (bicyclic) bond motifs is 1. The molecule has 0 unspecified atom stereocenters. The van der Waals surface area contributed by atoms with Gasteiger partial charge in [-0.15, -0.1) is 0 Å². The number of nitrogens with one attached hydrogen (secondary N) is 1. The molecule has 26 heavy (non-hydrogen) atoms. The number of aromatic nitrogens is 1. The fourth-order valence-corrected chi connectivity index (χ4v) is 4.54. The van der Waals surface area contributed by atoms with Crippen LogP contribution in [0.2, 0.25) is 5.02 Å². The van der Waals surface area contributed by atoms with Gasteiger partial charge in [0.25, 0.3) is 0 Å². The molecule has 0 spiro atoms. The van der Waals surface area contributed by atoms with E-state index in [1.807, 2.05) is 12.1 Å². The number of halogens is 1. The summed E-state index contributed by atoms with van der Waals surface area (Å²) in [6.07, 6.45) is 2.67. The Morgan fingerprint density at radius 3 is 2.77 bits per heavy atom. The molecule has 7 heteroatoms. The summed E-state index contributed by atoms with van der Waals surface area (Å²) in [5, 5.41) is 4.86. The van der Waals surface area contributed by atoms with Crippen LogP contribution >= 0.6 is 22.9 Å². The Balaban J connectivity index is 1.49. The number of piperazine rings is 1. The molecule has 2 heterocycles. The number of rotatable bonds is 7. The maximum Gasteiger partial charge on any atom is 0.220 e. The van der Waals surface area contributed by atoms with Crippen molar-refractivity contribution < 1.29 is 4.79 Å². The molecule has 2 aromatic rings. The molecule has 1 aromatic heterocycles. The maximum absolute atomic E-state index is 11.7. The van der Waals surface area contributed by atoms with Gasteiger partial charge in [-0.25, -0.2) is 4.98 Å². The van der Waals surface area contributed by atoms with Gasteiger partial charge in [0.2, 0.25) is 5.91 Å². The topological polar surface area (TPSA) is 48.5 Å². The summed E-state index contributed by atoms with van der Waals surface area (Å²) < 4.78 is 1.08. The molecule has 0 saturated carbocycles. The van der Waals surface area contributed by atoms with E-state index in [1.165, 1.54) is 5.56 Å². The van der Waals surface area contributed by atoms with E-state index in [1.54, 1.807) is 11.3 Å². The second-order valence-electron chi connectivity index (χ2n) is 6.82. The number of hydrogen-bond acceptors (Lipinski definition) is 5. The molecular formula is C19H27ClN4OS. The highest BCUT2D eigenvalue weighted by molar-refractivity contribution is 7.22. The third-order valence-electron chi connectivity index (χ3n) is 4.84. The van der Waals surface area contributed by atoms with E-state index >= 15 is 0 Å². The first-order chi connectivity index (χ1) is 12.6. The van der Waals surface area contributed by atoms with Crippen LogP contribution in [0.3, 0.4) is 0 Å². The van der Waals surface area contributed by atoms with Crippen LogP contribution in [0, 0.1) is 6.92 Å². The Hall–Kier alpha value is -1.37. The van der Waals surface area contributed by atoms with Crippen LogP contribution in [0.4, 0.5) is 5.13 Å². The first-order valence-corrected chi connectivity index (χ1v) is 10.6. The van der Waals surface area contributed by atoms with E-state index in [4.69, 9.17) is 16.6 Å². The van der Waals surface area contributed by atoms with Crippen LogP contribution in [0.25, 0.3) is 10.2 Å². The highest BCUT2D eigenvalue weighted by Crippen LogP contribution is 2.35. The molecule has 1 aliphatic rings. The number of anilines is 1. The van der Waals surface area contributed by atoms with Gasteiger partial charge in [-0.3, -0.25) is 9.69 Å². The van der Waals surface area contributed by atoms with Crippen molar-refractivity contribution in [2.24, 2.45) is 0 Å². The number of unbranched alkanes of at least 4 members (excludes halogenated alkanes) is 1. The monoisotopic (exact) mass is 394 g/mol. The van der Waals surface area contributed by atoms with Crippen molar-refractivity contribution in [3.8, 4) is 0 Å². The van der Waals surface area contributed by atoms with Crippen LogP contribution in [0.5, 0.6) is 0 Å². The molecule has 0 atom stereocenters. The third-order valence-corrected chi connectivity index (χ3v) is 6.41. The van der Waals surface area contributed by atoms with Gasteiger partial charge in [-0.1, -0.05) is 42.3 Å². The van der Waals surface area contributed by atoms with Gasteiger partial charge in [0.15, 0.2) is 5.13 Å². The molecular weight excluding hydrogens is 368 g/mol. The lowest BCUT2D eigenvalue weighted by Crippen LogP contribution is -2.48. The lowest BCUT2D eigenvalue weighted by atomic mass is 10.2. The Kier molecular flexibility index (Phi) is 6.73. The maximum atomic E-state index is 11.7. The van der Waals surface area contributed by atoms with Crippen molar-refractivity contribution in [2.75, 3.05) is 44.2 Å². The summed E-state index contributed by atoms with van der Waals surface area (Å²) in [5.74, 6) is 0.173. The minimum absolute atomic E-state index is 0.173. The standard InChI is InChI=1S/C19H27ClN4OS/c1-3-4-5-16(25)21-8-9-23-10-12-24(13-11-23)19-22-17-14(2)6-7-15(20)18(17)26-19/h6-7H,3-5,8-13H2,1-2H3,(H,21,25). The van der Waals surface area contributed by atoms with E-state index in [9.17, 15) is 4.79 Å². The molecule has 1 saturated heterocycles. The van der Waals surface area contributed by atoms with E-state index in [0.717, 1.165) is 72.5 Å². The molecule has 1 aromatic carbocycles. The van der Waals surface area contributed by atoms with E-state index in [-0.39, 0.29) is 5.91 Å². The van der Waals surface area contributed by atoms with E-state index in [0.29, 0.717) is 6.42 Å². The van der Waals surface area contributed by atoms with Crippen molar-refractivity contribution in [3.05, 3.63) is 22.7 Å². The number of carbonyl (C=O) groups excluding carboxylic acids is 1. The lowest BCUT2D eigenvalue weighted by Gasteiger charge is -2.34. The minimum Gasteiger partial charge on any atom is -0.355 e. The zero-order chi connectivity index (χ0) is 18.5. The van der Waals surface area contributed by atoms with Crippen LogP contribution in [0.1, 0.15) is 31.7 Å². The molecule has 0 radical (unpaired) electrons. The minimum atomic E-state index is 0.173. The normalized spacial score (nSPS) is 15.6. The number of benzene rings is 1. The molecule has 0 aliphatic carbocycles. The number of aryl methyl sites for hydroxylation is 1. The van der Waals surface area contributed by atoms with Gasteiger partial charge in [-0.05, 0) is 25.0 Å². The Morgan fingerprint density at radius 1 is 1.31 bits per heavy atom. The van der Waals surface area contributed by atoms with E-state index < -0.39 is 0 Å². The largest absolute Gasteiger partial charge is 0.355 e. The van der Waals surface area contributed by atoms with E-state index in [2.05, 4.69) is 29.0 Å². The number of nitrogens with zero attached hydrogens (tertiary/aromatic N) is 3. The van der Waals surface area contributed by atoms with Crippen molar-refractivity contribution >= 4 is 44.2 Å². The summed E-state index contributed by atoms with van der Waals surface area (Å²) in [6.45, 7) is 9.73. The predicted molar refractivity (Wildman–Crippen MR) is 111 cm³/mol. The van der Waals surface area contributed by atoms with Crippen molar-refractivity contribution in [1.82, 2.24) is 15.2 Å². The first kappa shape index (κ1) is 19.4. The third kappa shape index (κ3) is 4.67. The SMILES string of the molecule is CCCCC(=O)NCCN1CCN(c2nc3c(C)ccc(Cl)c3s2)CC1. The average molecular weight is 395 g/mol. The molecule has 1 aliphatic heterocycles. The molecule has 5 nitrogen and oxygen atoms in total.